The lowest BCUT2D eigenvalue weighted by Crippen LogP contribution is -2.23. The molecule has 0 fully saturated rings. The molecule has 2 rings (SSSR count). The number of carbonyl (C=O) groups is 2. The van der Waals surface area contributed by atoms with E-state index < -0.39 is 0 Å². The molecule has 0 atom stereocenters. The third-order valence-electron chi connectivity index (χ3n) is 3.22. The summed E-state index contributed by atoms with van der Waals surface area (Å²) in [7, 11) is 1.37. The van der Waals surface area contributed by atoms with E-state index in [1.54, 1.807) is 18.3 Å². The number of amides is 1. The van der Waals surface area contributed by atoms with Gasteiger partial charge < -0.3 is 10.1 Å². The quantitative estimate of drug-likeness (QED) is 0.829. The topological polar surface area (TPSA) is 68.3 Å². The Kier molecular flexibility index (Phi) is 5.65. The van der Waals surface area contributed by atoms with E-state index in [1.807, 2.05) is 30.3 Å². The number of nitrogens with one attached hydrogen (secondary N) is 1. The summed E-state index contributed by atoms with van der Waals surface area (Å²) < 4.78 is 4.60. The van der Waals surface area contributed by atoms with Crippen LogP contribution in [-0.4, -0.2) is 24.0 Å². The molecule has 1 heterocycles. The van der Waals surface area contributed by atoms with Gasteiger partial charge in [-0.1, -0.05) is 18.2 Å². The van der Waals surface area contributed by atoms with E-state index in [0.29, 0.717) is 24.9 Å². The predicted molar refractivity (Wildman–Crippen MR) is 82.2 cm³/mol. The fourth-order valence-electron chi connectivity index (χ4n) is 1.95. The van der Waals surface area contributed by atoms with Gasteiger partial charge in [-0.2, -0.15) is 0 Å². The van der Waals surface area contributed by atoms with Gasteiger partial charge in [-0.3, -0.25) is 14.6 Å². The van der Waals surface area contributed by atoms with Crippen LogP contribution in [0.15, 0.2) is 48.7 Å². The molecule has 114 valence electrons. The zero-order valence-electron chi connectivity index (χ0n) is 12.4. The van der Waals surface area contributed by atoms with Gasteiger partial charge in [0.15, 0.2) is 0 Å². The van der Waals surface area contributed by atoms with Crippen LogP contribution in [-0.2, 0) is 22.5 Å². The Balaban J connectivity index is 1.87. The molecule has 0 saturated heterocycles. The number of hydrogen-bond donors (Lipinski definition) is 1. The monoisotopic (exact) mass is 298 g/mol. The second-order valence-corrected chi connectivity index (χ2v) is 4.78. The molecule has 1 aromatic carbocycles. The molecule has 0 spiro atoms. The van der Waals surface area contributed by atoms with Crippen molar-refractivity contribution < 1.29 is 14.3 Å². The maximum Gasteiger partial charge on any atom is 0.305 e. The number of nitrogens with zero attached hydrogens (tertiary/aromatic N) is 1. The molecule has 0 bridgehead atoms. The maximum atomic E-state index is 12.0. The SMILES string of the molecule is COC(=O)CCc1ccc(C(=O)NCc2ccccn2)cc1. The van der Waals surface area contributed by atoms with Crippen molar-refractivity contribution in [3.63, 3.8) is 0 Å². The van der Waals surface area contributed by atoms with Gasteiger partial charge in [-0.25, -0.2) is 0 Å². The number of benzene rings is 1. The molecule has 0 unspecified atom stereocenters. The summed E-state index contributed by atoms with van der Waals surface area (Å²) >= 11 is 0. The summed E-state index contributed by atoms with van der Waals surface area (Å²) in [6.45, 7) is 0.393. The van der Waals surface area contributed by atoms with E-state index in [-0.39, 0.29) is 11.9 Å². The summed E-state index contributed by atoms with van der Waals surface area (Å²) in [6, 6.07) is 12.8. The minimum atomic E-state index is -0.239. The first-order valence-electron chi connectivity index (χ1n) is 7.03. The zero-order chi connectivity index (χ0) is 15.8. The molecule has 0 aliphatic carbocycles. The van der Waals surface area contributed by atoms with E-state index in [9.17, 15) is 9.59 Å². The van der Waals surface area contributed by atoms with Crippen LogP contribution < -0.4 is 5.32 Å². The summed E-state index contributed by atoms with van der Waals surface area (Å²) in [5.74, 6) is -0.387. The van der Waals surface area contributed by atoms with Crippen molar-refractivity contribution in [2.45, 2.75) is 19.4 Å². The predicted octanol–water partition coefficient (Wildman–Crippen LogP) is 2.12. The lowest BCUT2D eigenvalue weighted by molar-refractivity contribution is -0.140. The summed E-state index contributed by atoms with van der Waals surface area (Å²) in [5.41, 5.74) is 2.38. The second kappa shape index (κ2) is 7.93. The standard InChI is InChI=1S/C17H18N2O3/c1-22-16(20)10-7-13-5-8-14(9-6-13)17(21)19-12-15-4-2-3-11-18-15/h2-6,8-9,11H,7,10,12H2,1H3,(H,19,21). The molecule has 5 heteroatoms. The number of aryl methyl sites for hydroxylation is 1. The van der Waals surface area contributed by atoms with Crippen molar-refractivity contribution >= 4 is 11.9 Å². The van der Waals surface area contributed by atoms with Gasteiger partial charge in [0.05, 0.1) is 19.3 Å². The van der Waals surface area contributed by atoms with Gasteiger partial charge in [-0.05, 0) is 36.2 Å². The van der Waals surface area contributed by atoms with Crippen molar-refractivity contribution in [3.05, 3.63) is 65.5 Å². The molecule has 1 aromatic heterocycles. The lowest BCUT2D eigenvalue weighted by Gasteiger charge is -2.06. The highest BCUT2D eigenvalue weighted by Crippen LogP contribution is 2.07. The molecule has 0 aliphatic heterocycles. The third kappa shape index (κ3) is 4.70. The smallest absolute Gasteiger partial charge is 0.305 e. The largest absolute Gasteiger partial charge is 0.469 e. The van der Waals surface area contributed by atoms with Crippen LogP contribution in [0.4, 0.5) is 0 Å². The van der Waals surface area contributed by atoms with Crippen LogP contribution in [0.2, 0.25) is 0 Å². The minimum Gasteiger partial charge on any atom is -0.469 e. The Morgan fingerprint density at radius 2 is 1.91 bits per heavy atom. The first-order valence-corrected chi connectivity index (χ1v) is 7.03. The molecule has 0 saturated carbocycles. The number of carbonyl (C=O) groups excluding carboxylic acids is 2. The van der Waals surface area contributed by atoms with Crippen LogP contribution in [0.1, 0.15) is 28.0 Å². The van der Waals surface area contributed by atoms with Gasteiger partial charge in [0.25, 0.3) is 5.91 Å². The summed E-state index contributed by atoms with van der Waals surface area (Å²) in [5, 5.41) is 2.82. The average molecular weight is 298 g/mol. The van der Waals surface area contributed by atoms with Crippen molar-refractivity contribution in [1.29, 1.82) is 0 Å². The van der Waals surface area contributed by atoms with E-state index in [2.05, 4.69) is 15.0 Å². The molecular formula is C17H18N2O3. The highest BCUT2D eigenvalue weighted by molar-refractivity contribution is 5.94. The second-order valence-electron chi connectivity index (χ2n) is 4.78. The molecule has 1 N–H and O–H groups in total. The number of rotatable bonds is 6. The molecule has 0 aliphatic rings. The molecule has 22 heavy (non-hydrogen) atoms. The number of hydrogen-bond acceptors (Lipinski definition) is 4. The van der Waals surface area contributed by atoms with Gasteiger partial charge >= 0.3 is 5.97 Å². The molecule has 5 nitrogen and oxygen atoms in total. The van der Waals surface area contributed by atoms with E-state index in [4.69, 9.17) is 0 Å². The Morgan fingerprint density at radius 1 is 1.14 bits per heavy atom. The lowest BCUT2D eigenvalue weighted by atomic mass is 10.1. The first-order chi connectivity index (χ1) is 10.7. The number of ether oxygens (including phenoxy) is 1. The number of esters is 1. The average Bonchev–Trinajstić information content (AvgIpc) is 2.59. The summed E-state index contributed by atoms with van der Waals surface area (Å²) in [4.78, 5) is 27.3. The Morgan fingerprint density at radius 3 is 2.55 bits per heavy atom. The van der Waals surface area contributed by atoms with Gasteiger partial charge in [0.1, 0.15) is 0 Å². The van der Waals surface area contributed by atoms with Gasteiger partial charge in [0, 0.05) is 18.2 Å². The Labute approximate surface area is 129 Å². The Hall–Kier alpha value is -2.69. The van der Waals surface area contributed by atoms with Crippen molar-refractivity contribution in [2.24, 2.45) is 0 Å². The van der Waals surface area contributed by atoms with Crippen LogP contribution in [0, 0.1) is 0 Å². The van der Waals surface area contributed by atoms with Crippen LogP contribution in [0.25, 0.3) is 0 Å². The fourth-order valence-corrected chi connectivity index (χ4v) is 1.95. The van der Waals surface area contributed by atoms with E-state index in [0.717, 1.165) is 11.3 Å². The fraction of sp³-hybridized carbons (Fsp3) is 0.235. The van der Waals surface area contributed by atoms with Crippen molar-refractivity contribution in [2.75, 3.05) is 7.11 Å². The van der Waals surface area contributed by atoms with Crippen molar-refractivity contribution in [3.8, 4) is 0 Å². The third-order valence-corrected chi connectivity index (χ3v) is 3.22. The highest BCUT2D eigenvalue weighted by Gasteiger charge is 2.06. The normalized spacial score (nSPS) is 10.0. The summed E-state index contributed by atoms with van der Waals surface area (Å²) in [6.07, 6.45) is 2.63. The zero-order valence-corrected chi connectivity index (χ0v) is 12.4. The number of methoxy groups -OCH3 is 1. The number of pyridine rings is 1. The number of aromatic nitrogens is 1. The Bertz CT molecular complexity index is 624. The maximum absolute atomic E-state index is 12.0. The molecule has 0 radical (unpaired) electrons. The van der Waals surface area contributed by atoms with Crippen molar-refractivity contribution in [1.82, 2.24) is 10.3 Å². The highest BCUT2D eigenvalue weighted by atomic mass is 16.5. The first kappa shape index (κ1) is 15.7. The van der Waals surface area contributed by atoms with Crippen LogP contribution in [0.3, 0.4) is 0 Å². The van der Waals surface area contributed by atoms with Crippen LogP contribution >= 0.6 is 0 Å². The molecule has 2 aromatic rings. The van der Waals surface area contributed by atoms with E-state index in [1.165, 1.54) is 7.11 Å². The molecular weight excluding hydrogens is 280 g/mol. The molecule has 1 amide bonds. The van der Waals surface area contributed by atoms with E-state index >= 15 is 0 Å². The minimum absolute atomic E-state index is 0.148. The van der Waals surface area contributed by atoms with Gasteiger partial charge in [-0.15, -0.1) is 0 Å². The van der Waals surface area contributed by atoms with Gasteiger partial charge in [0.2, 0.25) is 0 Å². The van der Waals surface area contributed by atoms with Crippen LogP contribution in [0.5, 0.6) is 0 Å².